The Bertz CT molecular complexity index is 656. The molecular formula is C16H16N2O. The molecule has 3 aromatic rings. The van der Waals surface area contributed by atoms with Crippen LogP contribution in [0.5, 0.6) is 0 Å². The fourth-order valence-electron chi connectivity index (χ4n) is 2.44. The number of likely N-dealkylation sites (N-methyl/N-ethyl adjacent to an activating group) is 1. The molecule has 1 N–H and O–H groups in total. The number of benzene rings is 1. The molecule has 0 aliphatic rings. The second-order valence-corrected chi connectivity index (χ2v) is 4.59. The van der Waals surface area contributed by atoms with Gasteiger partial charge in [-0.25, -0.2) is 0 Å². The quantitative estimate of drug-likeness (QED) is 0.774. The van der Waals surface area contributed by atoms with E-state index in [9.17, 15) is 0 Å². The van der Waals surface area contributed by atoms with Gasteiger partial charge in [0.2, 0.25) is 0 Å². The molecule has 1 aromatic carbocycles. The van der Waals surface area contributed by atoms with Crippen LogP contribution in [0, 0.1) is 0 Å². The van der Waals surface area contributed by atoms with Crippen LogP contribution in [0.4, 0.5) is 0 Å². The SMILES string of the molecule is CNC(Cc1ccoc1)c1cccc2ncccc12. The van der Waals surface area contributed by atoms with E-state index in [0.29, 0.717) is 0 Å². The van der Waals surface area contributed by atoms with E-state index in [1.54, 1.807) is 12.5 Å². The maximum atomic E-state index is 5.14. The zero-order valence-electron chi connectivity index (χ0n) is 10.8. The van der Waals surface area contributed by atoms with Crippen LogP contribution >= 0.6 is 0 Å². The summed E-state index contributed by atoms with van der Waals surface area (Å²) >= 11 is 0. The maximum Gasteiger partial charge on any atom is 0.0935 e. The van der Waals surface area contributed by atoms with Gasteiger partial charge in [-0.15, -0.1) is 0 Å². The number of pyridine rings is 1. The Morgan fingerprint density at radius 2 is 2.16 bits per heavy atom. The molecule has 3 rings (SSSR count). The normalized spacial score (nSPS) is 12.7. The number of rotatable bonds is 4. The highest BCUT2D eigenvalue weighted by Gasteiger charge is 2.13. The zero-order chi connectivity index (χ0) is 13.1. The minimum absolute atomic E-state index is 0.255. The van der Waals surface area contributed by atoms with Crippen LogP contribution in [-0.4, -0.2) is 12.0 Å². The van der Waals surface area contributed by atoms with Crippen molar-refractivity contribution in [3.05, 3.63) is 66.2 Å². The molecule has 2 aromatic heterocycles. The number of nitrogens with zero attached hydrogens (tertiary/aromatic N) is 1. The summed E-state index contributed by atoms with van der Waals surface area (Å²) in [5.74, 6) is 0. The van der Waals surface area contributed by atoms with Crippen molar-refractivity contribution in [3.8, 4) is 0 Å². The van der Waals surface area contributed by atoms with Gasteiger partial charge in [0.05, 0.1) is 18.0 Å². The van der Waals surface area contributed by atoms with E-state index in [1.165, 1.54) is 16.5 Å². The Balaban J connectivity index is 2.01. The first-order chi connectivity index (χ1) is 9.38. The second kappa shape index (κ2) is 5.24. The van der Waals surface area contributed by atoms with Crippen LogP contribution in [0.15, 0.2) is 59.5 Å². The van der Waals surface area contributed by atoms with Crippen LogP contribution in [0.3, 0.4) is 0 Å². The molecule has 0 aliphatic carbocycles. The monoisotopic (exact) mass is 252 g/mol. The Morgan fingerprint density at radius 1 is 1.21 bits per heavy atom. The van der Waals surface area contributed by atoms with Crippen LogP contribution in [0.25, 0.3) is 10.9 Å². The molecule has 0 spiro atoms. The summed E-state index contributed by atoms with van der Waals surface area (Å²) in [6.45, 7) is 0. The molecule has 0 fully saturated rings. The van der Waals surface area contributed by atoms with Crippen molar-refractivity contribution >= 4 is 10.9 Å². The lowest BCUT2D eigenvalue weighted by Gasteiger charge is -2.17. The van der Waals surface area contributed by atoms with Gasteiger partial charge in [0.15, 0.2) is 0 Å². The highest BCUT2D eigenvalue weighted by molar-refractivity contribution is 5.82. The highest BCUT2D eigenvalue weighted by Crippen LogP contribution is 2.25. The number of aromatic nitrogens is 1. The Morgan fingerprint density at radius 3 is 2.95 bits per heavy atom. The van der Waals surface area contributed by atoms with E-state index < -0.39 is 0 Å². The van der Waals surface area contributed by atoms with Gasteiger partial charge < -0.3 is 9.73 Å². The number of hydrogen-bond acceptors (Lipinski definition) is 3. The number of furan rings is 1. The average molecular weight is 252 g/mol. The van der Waals surface area contributed by atoms with Crippen molar-refractivity contribution in [3.63, 3.8) is 0 Å². The molecule has 0 saturated carbocycles. The first kappa shape index (κ1) is 11.9. The molecule has 0 saturated heterocycles. The summed E-state index contributed by atoms with van der Waals surface area (Å²) in [6, 6.07) is 12.6. The van der Waals surface area contributed by atoms with Crippen molar-refractivity contribution in [1.82, 2.24) is 10.3 Å². The lowest BCUT2D eigenvalue weighted by Crippen LogP contribution is -2.19. The third kappa shape index (κ3) is 2.37. The minimum atomic E-state index is 0.255. The summed E-state index contributed by atoms with van der Waals surface area (Å²) in [6.07, 6.45) is 6.25. The summed E-state index contributed by atoms with van der Waals surface area (Å²) in [7, 11) is 1.99. The average Bonchev–Trinajstić information content (AvgIpc) is 2.97. The van der Waals surface area contributed by atoms with E-state index in [1.807, 2.05) is 31.4 Å². The maximum absolute atomic E-state index is 5.14. The summed E-state index contributed by atoms with van der Waals surface area (Å²) in [5.41, 5.74) is 3.50. The molecule has 0 bridgehead atoms. The van der Waals surface area contributed by atoms with Gasteiger partial charge in [-0.05, 0) is 42.8 Å². The number of hydrogen-bond donors (Lipinski definition) is 1. The molecule has 1 unspecified atom stereocenters. The Hall–Kier alpha value is -2.13. The lowest BCUT2D eigenvalue weighted by molar-refractivity contribution is 0.552. The van der Waals surface area contributed by atoms with Crippen LogP contribution in [-0.2, 0) is 6.42 Å². The number of nitrogens with one attached hydrogen (secondary N) is 1. The lowest BCUT2D eigenvalue weighted by atomic mass is 9.97. The molecule has 96 valence electrons. The van der Waals surface area contributed by atoms with Gasteiger partial charge >= 0.3 is 0 Å². The minimum Gasteiger partial charge on any atom is -0.472 e. The summed E-state index contributed by atoms with van der Waals surface area (Å²) in [4.78, 5) is 4.41. The van der Waals surface area contributed by atoms with E-state index in [2.05, 4.69) is 28.5 Å². The van der Waals surface area contributed by atoms with Crippen molar-refractivity contribution in [2.45, 2.75) is 12.5 Å². The van der Waals surface area contributed by atoms with E-state index >= 15 is 0 Å². The van der Waals surface area contributed by atoms with Crippen molar-refractivity contribution in [1.29, 1.82) is 0 Å². The zero-order valence-corrected chi connectivity index (χ0v) is 10.8. The topological polar surface area (TPSA) is 38.1 Å². The number of fused-ring (bicyclic) bond motifs is 1. The highest BCUT2D eigenvalue weighted by atomic mass is 16.3. The second-order valence-electron chi connectivity index (χ2n) is 4.59. The van der Waals surface area contributed by atoms with Crippen molar-refractivity contribution in [2.75, 3.05) is 7.05 Å². The fourth-order valence-corrected chi connectivity index (χ4v) is 2.44. The molecule has 3 heteroatoms. The van der Waals surface area contributed by atoms with Gasteiger partial charge in [-0.3, -0.25) is 4.98 Å². The molecule has 3 nitrogen and oxygen atoms in total. The molecule has 0 amide bonds. The Labute approximate surface area is 112 Å². The van der Waals surface area contributed by atoms with Crippen LogP contribution in [0.2, 0.25) is 0 Å². The predicted molar refractivity (Wildman–Crippen MR) is 76.0 cm³/mol. The molecular weight excluding hydrogens is 236 g/mol. The Kier molecular flexibility index (Phi) is 3.29. The predicted octanol–water partition coefficient (Wildman–Crippen LogP) is 3.33. The fraction of sp³-hybridized carbons (Fsp3) is 0.188. The standard InChI is InChI=1S/C16H16N2O/c1-17-16(10-12-7-9-19-11-12)14-4-2-6-15-13(14)5-3-8-18-15/h2-9,11,16-17H,10H2,1H3. The van der Waals surface area contributed by atoms with Crippen LogP contribution < -0.4 is 5.32 Å². The van der Waals surface area contributed by atoms with E-state index in [4.69, 9.17) is 4.42 Å². The van der Waals surface area contributed by atoms with Crippen molar-refractivity contribution < 1.29 is 4.42 Å². The van der Waals surface area contributed by atoms with Gasteiger partial charge in [0.1, 0.15) is 0 Å². The van der Waals surface area contributed by atoms with Gasteiger partial charge in [0.25, 0.3) is 0 Å². The summed E-state index contributed by atoms with van der Waals surface area (Å²) < 4.78 is 5.14. The largest absolute Gasteiger partial charge is 0.472 e. The van der Waals surface area contributed by atoms with E-state index in [-0.39, 0.29) is 6.04 Å². The molecule has 0 radical (unpaired) electrons. The molecule has 0 aliphatic heterocycles. The third-order valence-corrected chi connectivity index (χ3v) is 3.42. The first-order valence-electron chi connectivity index (χ1n) is 6.40. The van der Waals surface area contributed by atoms with Gasteiger partial charge in [-0.1, -0.05) is 18.2 Å². The smallest absolute Gasteiger partial charge is 0.0935 e. The first-order valence-corrected chi connectivity index (χ1v) is 6.40. The van der Waals surface area contributed by atoms with Crippen molar-refractivity contribution in [2.24, 2.45) is 0 Å². The molecule has 1 atom stereocenters. The van der Waals surface area contributed by atoms with E-state index in [0.717, 1.165) is 11.9 Å². The van der Waals surface area contributed by atoms with Crippen LogP contribution in [0.1, 0.15) is 17.2 Å². The molecule has 2 heterocycles. The summed E-state index contributed by atoms with van der Waals surface area (Å²) in [5, 5.41) is 4.58. The van der Waals surface area contributed by atoms with Gasteiger partial charge in [-0.2, -0.15) is 0 Å². The third-order valence-electron chi connectivity index (χ3n) is 3.42. The van der Waals surface area contributed by atoms with Gasteiger partial charge in [0, 0.05) is 17.6 Å². The molecule has 19 heavy (non-hydrogen) atoms.